The molecule has 0 bridgehead atoms. The maximum absolute atomic E-state index is 12.4. The van der Waals surface area contributed by atoms with Crippen LogP contribution in [0, 0.1) is 0 Å². The van der Waals surface area contributed by atoms with Gasteiger partial charge in [0.25, 0.3) is 5.91 Å². The first-order valence-electron chi connectivity index (χ1n) is 9.77. The topological polar surface area (TPSA) is 93.7 Å². The minimum atomic E-state index is -0.904. The van der Waals surface area contributed by atoms with Gasteiger partial charge in [-0.3, -0.25) is 9.59 Å². The second-order valence-electron chi connectivity index (χ2n) is 6.96. The molecule has 1 atom stereocenters. The molecule has 7 heteroatoms. The molecule has 0 fully saturated rings. The van der Waals surface area contributed by atoms with E-state index < -0.39 is 24.3 Å². The van der Waals surface area contributed by atoms with E-state index in [1.54, 1.807) is 36.4 Å². The van der Waals surface area contributed by atoms with E-state index in [2.05, 4.69) is 24.5 Å². The molecule has 30 heavy (non-hydrogen) atoms. The summed E-state index contributed by atoms with van der Waals surface area (Å²) in [5.41, 5.74) is 2.22. The molecule has 0 saturated carbocycles. The number of carbonyl (C=O) groups is 3. The zero-order chi connectivity index (χ0) is 21.5. The van der Waals surface area contributed by atoms with E-state index in [9.17, 15) is 14.4 Å². The molecule has 0 spiro atoms. The van der Waals surface area contributed by atoms with Gasteiger partial charge in [0.2, 0.25) is 11.7 Å². The molecule has 2 aromatic rings. The van der Waals surface area contributed by atoms with Crippen molar-refractivity contribution in [3.8, 4) is 0 Å². The zero-order valence-electron chi connectivity index (χ0n) is 16.9. The zero-order valence-corrected chi connectivity index (χ0v) is 16.9. The first-order chi connectivity index (χ1) is 14.5. The molecule has 156 valence electrons. The lowest BCUT2D eigenvalue weighted by atomic mass is 9.99. The third-order valence-electron chi connectivity index (χ3n) is 4.80. The van der Waals surface area contributed by atoms with Gasteiger partial charge < -0.3 is 20.1 Å². The van der Waals surface area contributed by atoms with E-state index >= 15 is 0 Å². The number of hydrogen-bond acceptors (Lipinski definition) is 6. The molecule has 0 radical (unpaired) electrons. The monoisotopic (exact) mass is 408 g/mol. The molecule has 3 rings (SSSR count). The van der Waals surface area contributed by atoms with Gasteiger partial charge in [0.05, 0.1) is 0 Å². The minimum absolute atomic E-state index is 0.0252. The molecule has 2 aromatic carbocycles. The highest BCUT2D eigenvalue weighted by Crippen LogP contribution is 2.22. The Hall–Kier alpha value is -3.61. The Morgan fingerprint density at radius 2 is 1.77 bits per heavy atom. The van der Waals surface area contributed by atoms with Crippen LogP contribution in [0.5, 0.6) is 0 Å². The van der Waals surface area contributed by atoms with Crippen LogP contribution in [0.25, 0.3) is 0 Å². The predicted molar refractivity (Wildman–Crippen MR) is 113 cm³/mol. The second kappa shape index (κ2) is 9.73. The van der Waals surface area contributed by atoms with Gasteiger partial charge in [-0.05, 0) is 42.2 Å². The first-order valence-corrected chi connectivity index (χ1v) is 9.77. The van der Waals surface area contributed by atoms with Crippen molar-refractivity contribution in [1.82, 2.24) is 0 Å². The van der Waals surface area contributed by atoms with Gasteiger partial charge in [0.1, 0.15) is 0 Å². The number of esters is 1. The largest absolute Gasteiger partial charge is 0.470 e. The van der Waals surface area contributed by atoms with Gasteiger partial charge in [-0.1, -0.05) is 44.2 Å². The van der Waals surface area contributed by atoms with Crippen molar-refractivity contribution in [2.75, 3.05) is 23.8 Å². The van der Waals surface area contributed by atoms with E-state index in [-0.39, 0.29) is 18.1 Å². The maximum atomic E-state index is 12.4. The lowest BCUT2D eigenvalue weighted by Crippen LogP contribution is -2.24. The van der Waals surface area contributed by atoms with Crippen LogP contribution >= 0.6 is 0 Å². The number of para-hydroxylation sites is 1. The minimum Gasteiger partial charge on any atom is -0.470 e. The number of ketones is 1. The van der Waals surface area contributed by atoms with Crippen molar-refractivity contribution in [3.63, 3.8) is 0 Å². The van der Waals surface area contributed by atoms with Crippen molar-refractivity contribution in [2.45, 2.75) is 26.2 Å². The molecule has 7 nitrogen and oxygen atoms in total. The summed E-state index contributed by atoms with van der Waals surface area (Å²) < 4.78 is 10.3. The molecule has 1 aliphatic heterocycles. The molecular formula is C23H24N2O5. The van der Waals surface area contributed by atoms with Gasteiger partial charge in [-0.2, -0.15) is 0 Å². The molecule has 1 heterocycles. The molecule has 1 aliphatic rings. The van der Waals surface area contributed by atoms with E-state index in [0.29, 0.717) is 17.3 Å². The summed E-state index contributed by atoms with van der Waals surface area (Å²) in [6.07, 6.45) is 1.03. The van der Waals surface area contributed by atoms with Crippen LogP contribution in [-0.4, -0.2) is 30.9 Å². The molecule has 0 unspecified atom stereocenters. The summed E-state index contributed by atoms with van der Waals surface area (Å²) in [7, 11) is 0. The van der Waals surface area contributed by atoms with Crippen molar-refractivity contribution in [1.29, 1.82) is 0 Å². The molecule has 0 saturated heterocycles. The number of ether oxygens (including phenoxy) is 2. The smallest absolute Gasteiger partial charge is 0.347 e. The number of amides is 1. The van der Waals surface area contributed by atoms with Crippen LogP contribution in [0.3, 0.4) is 0 Å². The quantitative estimate of drug-likeness (QED) is 0.512. The number of benzene rings is 2. The van der Waals surface area contributed by atoms with Crippen LogP contribution in [0.15, 0.2) is 66.1 Å². The number of hydrogen-bond donors (Lipinski definition) is 2. The molecular weight excluding hydrogens is 384 g/mol. The number of rotatable bonds is 8. The van der Waals surface area contributed by atoms with Crippen molar-refractivity contribution in [2.24, 2.45) is 0 Å². The Kier molecular flexibility index (Phi) is 6.85. The molecule has 0 aliphatic carbocycles. The van der Waals surface area contributed by atoms with Crippen LogP contribution in [0.1, 0.15) is 31.7 Å². The highest BCUT2D eigenvalue weighted by molar-refractivity contribution is 6.20. The number of anilines is 2. The molecule has 2 N–H and O–H groups in total. The fourth-order valence-corrected chi connectivity index (χ4v) is 2.90. The third kappa shape index (κ3) is 5.26. The Balaban J connectivity index is 1.57. The maximum Gasteiger partial charge on any atom is 0.347 e. The Labute approximate surface area is 175 Å². The lowest BCUT2D eigenvalue weighted by Gasteiger charge is -2.11. The summed E-state index contributed by atoms with van der Waals surface area (Å²) in [6, 6.07) is 16.5. The van der Waals surface area contributed by atoms with Crippen LogP contribution in [0.2, 0.25) is 0 Å². The van der Waals surface area contributed by atoms with Crippen LogP contribution in [0.4, 0.5) is 11.4 Å². The number of Topliss-reactive ketones (excluding diaryl/α,β-unsaturated/α-hetero) is 1. The van der Waals surface area contributed by atoms with Crippen molar-refractivity contribution >= 4 is 29.0 Å². The highest BCUT2D eigenvalue weighted by Gasteiger charge is 2.32. The number of carbonyl (C=O) groups excluding carboxylic acids is 3. The lowest BCUT2D eigenvalue weighted by molar-refractivity contribution is -0.144. The third-order valence-corrected chi connectivity index (χ3v) is 4.80. The van der Waals surface area contributed by atoms with Gasteiger partial charge >= 0.3 is 5.97 Å². The fourth-order valence-electron chi connectivity index (χ4n) is 2.90. The standard InChI is InChI=1S/C23H24N2O5/c1-3-15(2)16-9-11-18(12-10-16)24-20(27)14-30-23(28)21-19(26)13-29-22(21)25-17-7-5-4-6-8-17/h4-12,15,25H,3,13-14H2,1-2H3,(H,24,27)/t15-/m0/s1. The van der Waals surface area contributed by atoms with Gasteiger partial charge in [0, 0.05) is 11.4 Å². The fraction of sp³-hybridized carbons (Fsp3) is 0.261. The second-order valence-corrected chi connectivity index (χ2v) is 6.96. The average Bonchev–Trinajstić information content (AvgIpc) is 3.12. The van der Waals surface area contributed by atoms with E-state index in [0.717, 1.165) is 6.42 Å². The van der Waals surface area contributed by atoms with Crippen molar-refractivity contribution < 1.29 is 23.9 Å². The van der Waals surface area contributed by atoms with Crippen LogP contribution < -0.4 is 10.6 Å². The Morgan fingerprint density at radius 3 is 2.43 bits per heavy atom. The Morgan fingerprint density at radius 1 is 1.07 bits per heavy atom. The van der Waals surface area contributed by atoms with Gasteiger partial charge in [-0.25, -0.2) is 4.79 Å². The highest BCUT2D eigenvalue weighted by atomic mass is 16.5. The molecule has 0 aromatic heterocycles. The van der Waals surface area contributed by atoms with E-state index in [4.69, 9.17) is 9.47 Å². The summed E-state index contributed by atoms with van der Waals surface area (Å²) in [5.74, 6) is -1.44. The van der Waals surface area contributed by atoms with Crippen LogP contribution in [-0.2, 0) is 23.9 Å². The molecule has 1 amide bonds. The van der Waals surface area contributed by atoms with E-state index in [1.807, 2.05) is 18.2 Å². The van der Waals surface area contributed by atoms with Gasteiger partial charge in [0.15, 0.2) is 18.8 Å². The van der Waals surface area contributed by atoms with Crippen molar-refractivity contribution in [3.05, 3.63) is 71.6 Å². The number of nitrogens with one attached hydrogen (secondary N) is 2. The average molecular weight is 408 g/mol. The normalized spacial score (nSPS) is 14.1. The summed E-state index contributed by atoms with van der Waals surface area (Å²) in [6.45, 7) is 3.48. The first kappa shape index (κ1) is 21.1. The summed E-state index contributed by atoms with van der Waals surface area (Å²) in [5, 5.41) is 5.55. The summed E-state index contributed by atoms with van der Waals surface area (Å²) >= 11 is 0. The van der Waals surface area contributed by atoms with Gasteiger partial charge in [-0.15, -0.1) is 0 Å². The Bertz CT molecular complexity index is 951. The predicted octanol–water partition coefficient (Wildman–Crippen LogP) is 3.60. The summed E-state index contributed by atoms with van der Waals surface area (Å²) in [4.78, 5) is 36.5. The van der Waals surface area contributed by atoms with E-state index in [1.165, 1.54) is 5.56 Å². The SMILES string of the molecule is CC[C@H](C)c1ccc(NC(=O)COC(=O)C2=C(Nc3ccccc3)OCC2=O)cc1.